The Bertz CT molecular complexity index is 621. The summed E-state index contributed by atoms with van der Waals surface area (Å²) in [5.41, 5.74) is 0.584. The van der Waals surface area contributed by atoms with Gasteiger partial charge in [0.05, 0.1) is 6.54 Å². The first-order valence-corrected chi connectivity index (χ1v) is 8.01. The first kappa shape index (κ1) is 15.0. The van der Waals surface area contributed by atoms with E-state index < -0.39 is 0 Å². The van der Waals surface area contributed by atoms with Gasteiger partial charge in [-0.3, -0.25) is 14.7 Å². The summed E-state index contributed by atoms with van der Waals surface area (Å²) in [4.78, 5) is 19.0. The normalized spacial score (nSPS) is 19.2. The van der Waals surface area contributed by atoms with E-state index in [1.165, 1.54) is 0 Å². The molecule has 4 heteroatoms. The summed E-state index contributed by atoms with van der Waals surface area (Å²) >= 11 is 0. The molecule has 22 heavy (non-hydrogen) atoms. The molecule has 1 atom stereocenters. The van der Waals surface area contributed by atoms with Crippen LogP contribution in [0.3, 0.4) is 0 Å². The number of ketones is 1. The minimum Gasteiger partial charge on any atom is -0.465 e. The third-order valence-electron chi connectivity index (χ3n) is 4.24. The molecule has 0 aliphatic carbocycles. The van der Waals surface area contributed by atoms with Crippen LogP contribution in [0, 0.1) is 5.92 Å². The Morgan fingerprint density at radius 3 is 2.91 bits per heavy atom. The molecule has 1 saturated heterocycles. The fourth-order valence-electron chi connectivity index (χ4n) is 3.05. The van der Waals surface area contributed by atoms with Crippen LogP contribution in [0.15, 0.2) is 40.9 Å². The first-order chi connectivity index (χ1) is 10.8. The Morgan fingerprint density at radius 2 is 2.18 bits per heavy atom. The van der Waals surface area contributed by atoms with Gasteiger partial charge in [-0.25, -0.2) is 0 Å². The maximum absolute atomic E-state index is 12.5. The molecule has 0 bridgehead atoms. The van der Waals surface area contributed by atoms with Crippen LogP contribution in [-0.2, 0) is 13.0 Å². The zero-order valence-electron chi connectivity index (χ0n) is 13.0. The van der Waals surface area contributed by atoms with Crippen molar-refractivity contribution in [3.05, 3.63) is 53.7 Å². The average Bonchev–Trinajstić information content (AvgIpc) is 3.03. The molecule has 1 unspecified atom stereocenters. The molecule has 0 N–H and O–H groups in total. The van der Waals surface area contributed by atoms with E-state index in [0.29, 0.717) is 5.69 Å². The quantitative estimate of drug-likeness (QED) is 0.794. The van der Waals surface area contributed by atoms with Crippen molar-refractivity contribution < 1.29 is 9.21 Å². The molecule has 0 saturated carbocycles. The zero-order valence-corrected chi connectivity index (χ0v) is 13.0. The number of pyridine rings is 1. The van der Waals surface area contributed by atoms with Gasteiger partial charge < -0.3 is 4.42 Å². The van der Waals surface area contributed by atoms with Crippen LogP contribution >= 0.6 is 0 Å². The van der Waals surface area contributed by atoms with Crippen LogP contribution in [0.2, 0.25) is 0 Å². The first-order valence-electron chi connectivity index (χ1n) is 8.01. The highest BCUT2D eigenvalue weighted by molar-refractivity contribution is 5.96. The third-order valence-corrected chi connectivity index (χ3v) is 4.24. The summed E-state index contributed by atoms with van der Waals surface area (Å²) < 4.78 is 5.78. The van der Waals surface area contributed by atoms with E-state index in [1.807, 2.05) is 24.3 Å². The number of aryl methyl sites for hydroxylation is 1. The highest BCUT2D eigenvalue weighted by atomic mass is 16.3. The lowest BCUT2D eigenvalue weighted by molar-refractivity contribution is 0.0797. The largest absolute Gasteiger partial charge is 0.465 e. The van der Waals surface area contributed by atoms with Crippen LogP contribution in [0.5, 0.6) is 0 Å². The number of carbonyl (C=O) groups is 1. The summed E-state index contributed by atoms with van der Waals surface area (Å²) in [6, 6.07) is 9.60. The van der Waals surface area contributed by atoms with E-state index in [9.17, 15) is 4.79 Å². The number of likely N-dealkylation sites (tertiary alicyclic amines) is 1. The Labute approximate surface area is 131 Å². The molecule has 1 aliphatic rings. The molecular formula is C18H22N2O2. The minimum absolute atomic E-state index is 0.0456. The molecule has 0 amide bonds. The van der Waals surface area contributed by atoms with Gasteiger partial charge in [0.1, 0.15) is 17.2 Å². The fourth-order valence-corrected chi connectivity index (χ4v) is 3.05. The van der Waals surface area contributed by atoms with Crippen molar-refractivity contribution in [3.8, 4) is 0 Å². The van der Waals surface area contributed by atoms with Crippen molar-refractivity contribution in [3.63, 3.8) is 0 Å². The highest BCUT2D eigenvalue weighted by Crippen LogP contribution is 2.22. The minimum atomic E-state index is 0.0456. The summed E-state index contributed by atoms with van der Waals surface area (Å²) in [7, 11) is 0. The zero-order chi connectivity index (χ0) is 15.4. The van der Waals surface area contributed by atoms with Crippen LogP contribution in [0.1, 0.15) is 41.8 Å². The van der Waals surface area contributed by atoms with Crippen molar-refractivity contribution in [2.45, 2.75) is 32.7 Å². The van der Waals surface area contributed by atoms with Crippen molar-refractivity contribution in [1.82, 2.24) is 9.88 Å². The molecule has 3 rings (SSSR count). The number of Topliss-reactive ketones (excluding diaryl/α,β-unsaturated/α-hetero) is 1. The maximum Gasteiger partial charge on any atom is 0.185 e. The molecular weight excluding hydrogens is 276 g/mol. The van der Waals surface area contributed by atoms with Crippen molar-refractivity contribution in [2.75, 3.05) is 13.1 Å². The number of carbonyl (C=O) groups excluding carboxylic acids is 1. The standard InChI is InChI=1S/C18H22N2O2/c1-2-15-8-9-16(22-15)13-20-11-5-6-14(12-20)18(21)17-7-3-4-10-19-17/h3-4,7-10,14H,2,5-6,11-13H2,1H3. The predicted molar refractivity (Wildman–Crippen MR) is 84.7 cm³/mol. The van der Waals surface area contributed by atoms with Crippen LogP contribution in [0.4, 0.5) is 0 Å². The van der Waals surface area contributed by atoms with E-state index in [-0.39, 0.29) is 11.7 Å². The predicted octanol–water partition coefficient (Wildman–Crippen LogP) is 3.33. The molecule has 4 nitrogen and oxygen atoms in total. The molecule has 1 aliphatic heterocycles. The SMILES string of the molecule is CCc1ccc(CN2CCCC(C(=O)c3ccccn3)C2)o1. The van der Waals surface area contributed by atoms with E-state index in [0.717, 1.165) is 50.4 Å². The second-order valence-corrected chi connectivity index (χ2v) is 5.88. The smallest absolute Gasteiger partial charge is 0.185 e. The van der Waals surface area contributed by atoms with E-state index in [4.69, 9.17) is 4.42 Å². The van der Waals surface area contributed by atoms with Crippen molar-refractivity contribution in [2.24, 2.45) is 5.92 Å². The lowest BCUT2D eigenvalue weighted by Crippen LogP contribution is -2.38. The lowest BCUT2D eigenvalue weighted by Gasteiger charge is -2.31. The number of hydrogen-bond donors (Lipinski definition) is 0. The van der Waals surface area contributed by atoms with Crippen LogP contribution in [0.25, 0.3) is 0 Å². The number of aromatic nitrogens is 1. The molecule has 0 radical (unpaired) electrons. The number of piperidine rings is 1. The molecule has 2 aromatic heterocycles. The average molecular weight is 298 g/mol. The summed E-state index contributed by atoms with van der Waals surface area (Å²) in [5.74, 6) is 2.22. The van der Waals surface area contributed by atoms with Crippen molar-refractivity contribution in [1.29, 1.82) is 0 Å². The van der Waals surface area contributed by atoms with Gasteiger partial charge in [-0.2, -0.15) is 0 Å². The summed E-state index contributed by atoms with van der Waals surface area (Å²) in [6.45, 7) is 4.68. The molecule has 0 spiro atoms. The monoisotopic (exact) mass is 298 g/mol. The van der Waals surface area contributed by atoms with Crippen molar-refractivity contribution >= 4 is 5.78 Å². The van der Waals surface area contributed by atoms with Crippen LogP contribution in [-0.4, -0.2) is 28.8 Å². The molecule has 116 valence electrons. The summed E-state index contributed by atoms with van der Waals surface area (Å²) in [5, 5.41) is 0. The van der Waals surface area contributed by atoms with Gasteiger partial charge in [0, 0.05) is 25.1 Å². The van der Waals surface area contributed by atoms with E-state index in [1.54, 1.807) is 12.3 Å². The van der Waals surface area contributed by atoms with Gasteiger partial charge in [0.15, 0.2) is 5.78 Å². The maximum atomic E-state index is 12.5. The number of rotatable bonds is 5. The third kappa shape index (κ3) is 3.45. The Balaban J connectivity index is 1.63. The van der Waals surface area contributed by atoms with Gasteiger partial charge in [0.25, 0.3) is 0 Å². The Morgan fingerprint density at radius 1 is 1.32 bits per heavy atom. The van der Waals surface area contributed by atoms with E-state index >= 15 is 0 Å². The number of nitrogens with zero attached hydrogens (tertiary/aromatic N) is 2. The number of hydrogen-bond acceptors (Lipinski definition) is 4. The summed E-state index contributed by atoms with van der Waals surface area (Å²) in [6.07, 6.45) is 4.60. The lowest BCUT2D eigenvalue weighted by atomic mass is 9.92. The second-order valence-electron chi connectivity index (χ2n) is 5.88. The van der Waals surface area contributed by atoms with Crippen LogP contribution < -0.4 is 0 Å². The van der Waals surface area contributed by atoms with Gasteiger partial charge >= 0.3 is 0 Å². The second kappa shape index (κ2) is 6.88. The molecule has 2 aromatic rings. The number of furan rings is 1. The fraction of sp³-hybridized carbons (Fsp3) is 0.444. The molecule has 3 heterocycles. The molecule has 0 aromatic carbocycles. The van der Waals surface area contributed by atoms with Gasteiger partial charge in [0.2, 0.25) is 0 Å². The van der Waals surface area contributed by atoms with Gasteiger partial charge in [-0.15, -0.1) is 0 Å². The topological polar surface area (TPSA) is 46.3 Å². The van der Waals surface area contributed by atoms with E-state index in [2.05, 4.69) is 16.8 Å². The van der Waals surface area contributed by atoms with Gasteiger partial charge in [-0.1, -0.05) is 13.0 Å². The highest BCUT2D eigenvalue weighted by Gasteiger charge is 2.27. The molecule has 1 fully saturated rings. The Hall–Kier alpha value is -1.94. The van der Waals surface area contributed by atoms with Gasteiger partial charge in [-0.05, 0) is 43.7 Å². The Kier molecular flexibility index (Phi) is 4.68.